The lowest BCUT2D eigenvalue weighted by Crippen LogP contribution is -2.49. The van der Waals surface area contributed by atoms with Crippen LogP contribution in [0, 0.1) is 5.92 Å². The first kappa shape index (κ1) is 18.0. The maximum Gasteiger partial charge on any atom is 0.227 e. The number of piperidine rings is 1. The lowest BCUT2D eigenvalue weighted by atomic mass is 9.95. The number of rotatable bonds is 5. The Morgan fingerprint density at radius 1 is 1.12 bits per heavy atom. The van der Waals surface area contributed by atoms with Crippen molar-refractivity contribution in [1.29, 1.82) is 0 Å². The molecule has 1 atom stereocenters. The van der Waals surface area contributed by atoms with Crippen LogP contribution in [0.25, 0.3) is 0 Å². The van der Waals surface area contributed by atoms with Crippen molar-refractivity contribution < 1.29 is 14.3 Å². The molecule has 0 N–H and O–H groups in total. The summed E-state index contributed by atoms with van der Waals surface area (Å²) in [7, 11) is 0. The average molecular weight is 356 g/mol. The molecule has 3 heterocycles. The molecule has 2 amide bonds. The molecule has 3 rings (SSSR count). The van der Waals surface area contributed by atoms with E-state index in [2.05, 4.69) is 4.90 Å². The molecule has 7 heteroatoms. The van der Waals surface area contributed by atoms with Gasteiger partial charge in [0.05, 0.1) is 19.1 Å². The summed E-state index contributed by atoms with van der Waals surface area (Å²) in [5.41, 5.74) is 0. The molecule has 24 heavy (non-hydrogen) atoms. The van der Waals surface area contributed by atoms with E-state index in [1.807, 2.05) is 21.6 Å². The number of morpholine rings is 1. The van der Waals surface area contributed by atoms with E-state index in [0.29, 0.717) is 13.0 Å². The number of carbonyl (C=O) groups is 2. The Morgan fingerprint density at radius 2 is 1.88 bits per heavy atom. The summed E-state index contributed by atoms with van der Waals surface area (Å²) < 4.78 is 5.36. The topological polar surface area (TPSA) is 53.1 Å². The van der Waals surface area contributed by atoms with Crippen molar-refractivity contribution in [2.75, 3.05) is 70.5 Å². The highest BCUT2D eigenvalue weighted by Gasteiger charge is 2.33. The monoisotopic (exact) mass is 355 g/mol. The van der Waals surface area contributed by atoms with Crippen LogP contribution in [0.15, 0.2) is 0 Å². The van der Waals surface area contributed by atoms with Crippen LogP contribution in [-0.2, 0) is 14.3 Å². The molecule has 0 saturated carbocycles. The van der Waals surface area contributed by atoms with Crippen molar-refractivity contribution >= 4 is 23.6 Å². The third-order valence-electron chi connectivity index (χ3n) is 5.18. The van der Waals surface area contributed by atoms with Crippen LogP contribution in [0.1, 0.15) is 19.3 Å². The minimum absolute atomic E-state index is 0.00851. The fourth-order valence-corrected chi connectivity index (χ4v) is 4.59. The predicted octanol–water partition coefficient (Wildman–Crippen LogP) is 0.523. The second kappa shape index (κ2) is 9.06. The van der Waals surface area contributed by atoms with Crippen LogP contribution >= 0.6 is 11.8 Å². The lowest BCUT2D eigenvalue weighted by molar-refractivity contribution is -0.143. The zero-order valence-electron chi connectivity index (χ0n) is 14.5. The maximum atomic E-state index is 12.7. The van der Waals surface area contributed by atoms with Gasteiger partial charge in [0, 0.05) is 63.7 Å². The number of hydrogen-bond acceptors (Lipinski definition) is 5. The molecule has 0 bridgehead atoms. The highest BCUT2D eigenvalue weighted by Crippen LogP contribution is 2.22. The zero-order chi connectivity index (χ0) is 16.8. The van der Waals surface area contributed by atoms with Gasteiger partial charge in [-0.05, 0) is 12.8 Å². The quantitative estimate of drug-likeness (QED) is 0.720. The van der Waals surface area contributed by atoms with Crippen LogP contribution in [0.2, 0.25) is 0 Å². The smallest absolute Gasteiger partial charge is 0.227 e. The highest BCUT2D eigenvalue weighted by atomic mass is 32.2. The Bertz CT molecular complexity index is 437. The fraction of sp³-hybridized carbons (Fsp3) is 0.882. The van der Waals surface area contributed by atoms with E-state index in [1.54, 1.807) is 0 Å². The first-order chi connectivity index (χ1) is 11.7. The van der Waals surface area contributed by atoms with Crippen LogP contribution in [0.3, 0.4) is 0 Å². The van der Waals surface area contributed by atoms with E-state index in [-0.39, 0.29) is 17.7 Å². The molecule has 3 fully saturated rings. The van der Waals surface area contributed by atoms with Crippen molar-refractivity contribution in [3.63, 3.8) is 0 Å². The molecule has 0 radical (unpaired) electrons. The number of thioether (sulfide) groups is 1. The SMILES string of the molecule is O=C1CC[C@H](C(=O)N2CCSCC2)CN1CCCN1CCOCC1. The molecular weight excluding hydrogens is 326 g/mol. The Kier molecular flexibility index (Phi) is 6.80. The van der Waals surface area contributed by atoms with Gasteiger partial charge in [0.15, 0.2) is 0 Å². The lowest BCUT2D eigenvalue weighted by Gasteiger charge is -2.36. The van der Waals surface area contributed by atoms with E-state index in [9.17, 15) is 9.59 Å². The van der Waals surface area contributed by atoms with Crippen LogP contribution in [-0.4, -0.2) is 97.0 Å². The summed E-state index contributed by atoms with van der Waals surface area (Å²) in [6, 6.07) is 0. The molecule has 0 unspecified atom stereocenters. The summed E-state index contributed by atoms with van der Waals surface area (Å²) in [5.74, 6) is 2.58. The number of ether oxygens (including phenoxy) is 1. The summed E-state index contributed by atoms with van der Waals surface area (Å²) in [6.45, 7) is 7.73. The Hall–Kier alpha value is -0.790. The largest absolute Gasteiger partial charge is 0.379 e. The molecule has 136 valence electrons. The summed E-state index contributed by atoms with van der Waals surface area (Å²) >= 11 is 1.92. The van der Waals surface area contributed by atoms with Gasteiger partial charge >= 0.3 is 0 Å². The third kappa shape index (κ3) is 4.86. The minimum atomic E-state index is 0.00851. The van der Waals surface area contributed by atoms with Crippen LogP contribution in [0.4, 0.5) is 0 Å². The van der Waals surface area contributed by atoms with Gasteiger partial charge in [-0.25, -0.2) is 0 Å². The van der Waals surface area contributed by atoms with E-state index in [1.165, 1.54) is 0 Å². The summed E-state index contributed by atoms with van der Waals surface area (Å²) in [6.07, 6.45) is 2.23. The van der Waals surface area contributed by atoms with Gasteiger partial charge in [0.25, 0.3) is 0 Å². The van der Waals surface area contributed by atoms with E-state index in [0.717, 1.165) is 76.8 Å². The molecular formula is C17H29N3O3S. The number of carbonyl (C=O) groups excluding carboxylic acids is 2. The third-order valence-corrected chi connectivity index (χ3v) is 6.12. The van der Waals surface area contributed by atoms with Gasteiger partial charge in [-0.1, -0.05) is 0 Å². The standard InChI is InChI=1S/C17H29N3O3S/c21-16-3-2-15(17(22)19-8-12-24-13-9-19)14-20(16)5-1-4-18-6-10-23-11-7-18/h15H,1-14H2/t15-/m0/s1. The van der Waals surface area contributed by atoms with Gasteiger partial charge < -0.3 is 14.5 Å². The number of amides is 2. The molecule has 0 aliphatic carbocycles. The van der Waals surface area contributed by atoms with Crippen molar-refractivity contribution in [2.24, 2.45) is 5.92 Å². The van der Waals surface area contributed by atoms with Gasteiger partial charge in [0.1, 0.15) is 0 Å². The minimum Gasteiger partial charge on any atom is -0.379 e. The normalized spacial score (nSPS) is 26.7. The molecule has 0 aromatic rings. The molecule has 6 nitrogen and oxygen atoms in total. The molecule has 3 aliphatic heterocycles. The van der Waals surface area contributed by atoms with Crippen molar-refractivity contribution in [2.45, 2.75) is 19.3 Å². The fourth-order valence-electron chi connectivity index (χ4n) is 3.68. The van der Waals surface area contributed by atoms with Gasteiger partial charge in [-0.15, -0.1) is 0 Å². The molecule has 0 spiro atoms. The number of hydrogen-bond donors (Lipinski definition) is 0. The highest BCUT2D eigenvalue weighted by molar-refractivity contribution is 7.99. The molecule has 0 aromatic carbocycles. The molecule has 0 aromatic heterocycles. The first-order valence-corrected chi connectivity index (χ1v) is 10.3. The Morgan fingerprint density at radius 3 is 2.62 bits per heavy atom. The first-order valence-electron chi connectivity index (χ1n) is 9.18. The second-order valence-corrected chi connectivity index (χ2v) is 8.05. The van der Waals surface area contributed by atoms with Crippen molar-refractivity contribution in [3.8, 4) is 0 Å². The average Bonchev–Trinajstić information content (AvgIpc) is 2.64. The zero-order valence-corrected chi connectivity index (χ0v) is 15.3. The number of likely N-dealkylation sites (tertiary alicyclic amines) is 1. The predicted molar refractivity (Wildman–Crippen MR) is 95.1 cm³/mol. The Balaban J connectivity index is 1.44. The van der Waals surface area contributed by atoms with Crippen LogP contribution in [0.5, 0.6) is 0 Å². The summed E-state index contributed by atoms with van der Waals surface area (Å²) in [5, 5.41) is 0. The van der Waals surface area contributed by atoms with Gasteiger partial charge in [-0.3, -0.25) is 14.5 Å². The van der Waals surface area contributed by atoms with E-state index >= 15 is 0 Å². The van der Waals surface area contributed by atoms with Crippen LogP contribution < -0.4 is 0 Å². The van der Waals surface area contributed by atoms with Crippen molar-refractivity contribution in [3.05, 3.63) is 0 Å². The van der Waals surface area contributed by atoms with Gasteiger partial charge in [-0.2, -0.15) is 11.8 Å². The van der Waals surface area contributed by atoms with Gasteiger partial charge in [0.2, 0.25) is 11.8 Å². The molecule has 3 aliphatic rings. The van der Waals surface area contributed by atoms with Crippen molar-refractivity contribution in [1.82, 2.24) is 14.7 Å². The van der Waals surface area contributed by atoms with E-state index in [4.69, 9.17) is 4.74 Å². The van der Waals surface area contributed by atoms with E-state index < -0.39 is 0 Å². The number of nitrogens with zero attached hydrogens (tertiary/aromatic N) is 3. The Labute approximate surface area is 148 Å². The maximum absolute atomic E-state index is 12.7. The molecule has 3 saturated heterocycles. The summed E-state index contributed by atoms with van der Waals surface area (Å²) in [4.78, 5) is 31.2. The second-order valence-electron chi connectivity index (χ2n) is 6.82.